The van der Waals surface area contributed by atoms with E-state index in [1.54, 1.807) is 5.56 Å². The lowest BCUT2D eigenvalue weighted by Crippen LogP contribution is -2.25. The fraction of sp³-hybridized carbons (Fsp3) is 0.647. The van der Waals surface area contributed by atoms with Crippen LogP contribution < -0.4 is 0 Å². The summed E-state index contributed by atoms with van der Waals surface area (Å²) in [6, 6.07) is 9.98. The zero-order valence-electron chi connectivity index (χ0n) is 12.2. The third-order valence-corrected chi connectivity index (χ3v) is 4.37. The Bertz CT molecular complexity index is 346. The summed E-state index contributed by atoms with van der Waals surface area (Å²) in [5, 5.41) is 0. The highest BCUT2D eigenvalue weighted by Crippen LogP contribution is 2.32. The predicted molar refractivity (Wildman–Crippen MR) is 78.9 cm³/mol. The smallest absolute Gasteiger partial charge is 0.0233 e. The molecule has 0 atom stereocenters. The van der Waals surface area contributed by atoms with Crippen LogP contribution in [0.5, 0.6) is 0 Å². The summed E-state index contributed by atoms with van der Waals surface area (Å²) >= 11 is 0. The molecule has 2 rings (SSSR count). The van der Waals surface area contributed by atoms with Crippen molar-refractivity contribution in [3.8, 4) is 0 Å². The van der Waals surface area contributed by atoms with Gasteiger partial charge in [0.2, 0.25) is 0 Å². The molecule has 0 heterocycles. The molecular formula is C17H27N. The van der Waals surface area contributed by atoms with Gasteiger partial charge in [-0.15, -0.1) is 0 Å². The fourth-order valence-electron chi connectivity index (χ4n) is 2.80. The first-order chi connectivity index (χ1) is 8.66. The van der Waals surface area contributed by atoms with Gasteiger partial charge >= 0.3 is 0 Å². The van der Waals surface area contributed by atoms with Gasteiger partial charge in [-0.05, 0) is 50.8 Å². The molecule has 0 bridgehead atoms. The summed E-state index contributed by atoms with van der Waals surface area (Å²) < 4.78 is 0. The van der Waals surface area contributed by atoms with Crippen molar-refractivity contribution in [1.29, 1.82) is 0 Å². The van der Waals surface area contributed by atoms with Crippen LogP contribution in [0.4, 0.5) is 0 Å². The van der Waals surface area contributed by atoms with Gasteiger partial charge < -0.3 is 0 Å². The van der Waals surface area contributed by atoms with Crippen LogP contribution in [0.25, 0.3) is 0 Å². The molecule has 1 heteroatoms. The minimum atomic E-state index is 0.614. The highest BCUT2D eigenvalue weighted by molar-refractivity contribution is 5.25. The molecule has 0 spiro atoms. The Morgan fingerprint density at radius 1 is 1.06 bits per heavy atom. The maximum atomic E-state index is 2.38. The van der Waals surface area contributed by atoms with Crippen molar-refractivity contribution in [2.45, 2.75) is 64.5 Å². The number of hydrogen-bond acceptors (Lipinski definition) is 1. The molecule has 1 aromatic rings. The Labute approximate surface area is 112 Å². The van der Waals surface area contributed by atoms with Crippen LogP contribution in [0.2, 0.25) is 0 Å². The zero-order valence-corrected chi connectivity index (χ0v) is 12.2. The summed E-state index contributed by atoms with van der Waals surface area (Å²) in [6.07, 6.45) is 7.06. The Morgan fingerprint density at radius 2 is 1.67 bits per heavy atom. The molecule has 0 aliphatic heterocycles. The lowest BCUT2D eigenvalue weighted by molar-refractivity contribution is 0.266. The van der Waals surface area contributed by atoms with Crippen molar-refractivity contribution in [3.63, 3.8) is 0 Å². The molecule has 100 valence electrons. The number of benzene rings is 1. The van der Waals surface area contributed by atoms with E-state index < -0.39 is 0 Å². The van der Waals surface area contributed by atoms with E-state index in [9.17, 15) is 0 Å². The average Bonchev–Trinajstić information content (AvgIpc) is 2.40. The van der Waals surface area contributed by atoms with Crippen LogP contribution in [-0.4, -0.2) is 18.0 Å². The largest absolute Gasteiger partial charge is 0.300 e. The predicted octanol–water partition coefficient (Wildman–Crippen LogP) is 4.57. The van der Waals surface area contributed by atoms with Crippen LogP contribution in [0.3, 0.4) is 0 Å². The maximum Gasteiger partial charge on any atom is 0.0233 e. The quantitative estimate of drug-likeness (QED) is 0.751. The van der Waals surface area contributed by atoms with E-state index in [1.807, 2.05) is 0 Å². The summed E-state index contributed by atoms with van der Waals surface area (Å²) in [7, 11) is 2.19. The van der Waals surface area contributed by atoms with Gasteiger partial charge in [-0.3, -0.25) is 4.90 Å². The first-order valence-corrected chi connectivity index (χ1v) is 7.46. The first-order valence-electron chi connectivity index (χ1n) is 7.46. The van der Waals surface area contributed by atoms with Crippen LogP contribution in [0.15, 0.2) is 24.3 Å². The molecule has 1 fully saturated rings. The second kappa shape index (κ2) is 6.38. The lowest BCUT2D eigenvalue weighted by Gasteiger charge is -2.23. The van der Waals surface area contributed by atoms with Gasteiger partial charge in [0.1, 0.15) is 0 Å². The Hall–Kier alpha value is -0.820. The molecule has 0 N–H and O–H groups in total. The van der Waals surface area contributed by atoms with E-state index in [0.29, 0.717) is 6.04 Å². The first kappa shape index (κ1) is 13.6. The second-order valence-corrected chi connectivity index (χ2v) is 6.09. The summed E-state index contributed by atoms with van der Waals surface area (Å²) in [5.41, 5.74) is 3.00. The summed E-state index contributed by atoms with van der Waals surface area (Å²) in [4.78, 5) is 2.38. The van der Waals surface area contributed by atoms with Gasteiger partial charge in [0.05, 0.1) is 0 Å². The van der Waals surface area contributed by atoms with Gasteiger partial charge in [-0.25, -0.2) is 0 Å². The van der Waals surface area contributed by atoms with Gasteiger partial charge in [-0.1, -0.05) is 43.5 Å². The maximum absolute atomic E-state index is 2.38. The molecule has 0 amide bonds. The topological polar surface area (TPSA) is 3.24 Å². The average molecular weight is 245 g/mol. The van der Waals surface area contributed by atoms with Gasteiger partial charge in [-0.2, -0.15) is 0 Å². The van der Waals surface area contributed by atoms with E-state index >= 15 is 0 Å². The van der Waals surface area contributed by atoms with Crippen molar-refractivity contribution >= 4 is 0 Å². The SMILES string of the molecule is CC(C)N(C)Cc1ccc(C2CCCCC2)cc1. The van der Waals surface area contributed by atoms with E-state index in [1.165, 1.54) is 37.7 Å². The van der Waals surface area contributed by atoms with E-state index in [-0.39, 0.29) is 0 Å². The van der Waals surface area contributed by atoms with Crippen LogP contribution in [-0.2, 0) is 6.54 Å². The second-order valence-electron chi connectivity index (χ2n) is 6.09. The molecule has 18 heavy (non-hydrogen) atoms. The Balaban J connectivity index is 1.96. The monoisotopic (exact) mass is 245 g/mol. The molecule has 1 saturated carbocycles. The zero-order chi connectivity index (χ0) is 13.0. The normalized spacial score (nSPS) is 17.6. The summed E-state index contributed by atoms with van der Waals surface area (Å²) in [5.74, 6) is 0.829. The Morgan fingerprint density at radius 3 is 2.22 bits per heavy atom. The fourth-order valence-corrected chi connectivity index (χ4v) is 2.80. The van der Waals surface area contributed by atoms with Crippen molar-refractivity contribution < 1.29 is 0 Å². The summed E-state index contributed by atoms with van der Waals surface area (Å²) in [6.45, 7) is 5.55. The minimum absolute atomic E-state index is 0.614. The lowest BCUT2D eigenvalue weighted by atomic mass is 9.84. The third kappa shape index (κ3) is 3.58. The highest BCUT2D eigenvalue weighted by Gasteiger charge is 2.15. The van der Waals surface area contributed by atoms with Crippen LogP contribution in [0, 0.1) is 0 Å². The standard InChI is InChI=1S/C17H27N/c1-14(2)18(3)13-15-9-11-17(12-10-15)16-7-5-4-6-8-16/h9-12,14,16H,4-8,13H2,1-3H3. The van der Waals surface area contributed by atoms with Crippen LogP contribution in [0.1, 0.15) is 63.0 Å². The molecule has 1 aliphatic rings. The third-order valence-electron chi connectivity index (χ3n) is 4.37. The van der Waals surface area contributed by atoms with E-state index in [2.05, 4.69) is 50.1 Å². The van der Waals surface area contributed by atoms with Crippen molar-refractivity contribution in [2.75, 3.05) is 7.05 Å². The molecule has 1 nitrogen and oxygen atoms in total. The molecule has 1 aliphatic carbocycles. The molecule has 0 aromatic heterocycles. The molecule has 1 aromatic carbocycles. The number of hydrogen-bond donors (Lipinski definition) is 0. The Kier molecular flexibility index (Phi) is 4.82. The van der Waals surface area contributed by atoms with Crippen LogP contribution >= 0.6 is 0 Å². The van der Waals surface area contributed by atoms with E-state index in [4.69, 9.17) is 0 Å². The molecule has 0 unspecified atom stereocenters. The van der Waals surface area contributed by atoms with Gasteiger partial charge in [0.15, 0.2) is 0 Å². The number of rotatable bonds is 4. The van der Waals surface area contributed by atoms with Gasteiger partial charge in [0, 0.05) is 12.6 Å². The molecule has 0 saturated heterocycles. The van der Waals surface area contributed by atoms with Crippen molar-refractivity contribution in [2.24, 2.45) is 0 Å². The van der Waals surface area contributed by atoms with Crippen molar-refractivity contribution in [1.82, 2.24) is 4.90 Å². The minimum Gasteiger partial charge on any atom is -0.300 e. The van der Waals surface area contributed by atoms with E-state index in [0.717, 1.165) is 12.5 Å². The molecular weight excluding hydrogens is 218 g/mol. The van der Waals surface area contributed by atoms with Crippen molar-refractivity contribution in [3.05, 3.63) is 35.4 Å². The highest BCUT2D eigenvalue weighted by atomic mass is 15.1. The van der Waals surface area contributed by atoms with Gasteiger partial charge in [0.25, 0.3) is 0 Å². The molecule has 0 radical (unpaired) electrons. The number of nitrogens with zero attached hydrogens (tertiary/aromatic N) is 1.